The fraction of sp³-hybridized carbons (Fsp3) is 0.524. The second-order valence-electron chi connectivity index (χ2n) is 9.11. The minimum Gasteiger partial charge on any atom is -0.330 e. The van der Waals surface area contributed by atoms with E-state index in [-0.39, 0.29) is 30.3 Å². The standard InChI is InChI=1S/C21H25F3N2O4S/c1-5-15-11-20(15,19(2,3)4)17(27)25-31(29,30)16-7-6-13-8-9-26(12-14(13)10-16)18(28)21(22,23)24/h5-7,10,15H,1,8-9,11-12H2,2-4H3,(H,25,27)/t15-,20-/m1/s1. The number of alkyl halides is 3. The third kappa shape index (κ3) is 4.09. The lowest BCUT2D eigenvalue weighted by Crippen LogP contribution is -2.44. The smallest absolute Gasteiger partial charge is 0.330 e. The first kappa shape index (κ1) is 23.3. The normalized spacial score (nSPS) is 23.7. The monoisotopic (exact) mass is 458 g/mol. The van der Waals surface area contributed by atoms with Gasteiger partial charge in [-0.2, -0.15) is 13.2 Å². The van der Waals surface area contributed by atoms with E-state index in [1.165, 1.54) is 18.2 Å². The second-order valence-corrected chi connectivity index (χ2v) is 10.8. The maximum absolute atomic E-state index is 13.0. The first-order valence-corrected chi connectivity index (χ1v) is 11.3. The highest BCUT2D eigenvalue weighted by atomic mass is 32.2. The van der Waals surface area contributed by atoms with E-state index in [0.717, 1.165) is 0 Å². The maximum Gasteiger partial charge on any atom is 0.471 e. The molecule has 1 aromatic rings. The van der Waals surface area contributed by atoms with Crippen LogP contribution < -0.4 is 4.72 Å². The summed E-state index contributed by atoms with van der Waals surface area (Å²) < 4.78 is 66.2. The number of nitrogens with one attached hydrogen (secondary N) is 1. The van der Waals surface area contributed by atoms with Crippen LogP contribution >= 0.6 is 0 Å². The molecule has 170 valence electrons. The van der Waals surface area contributed by atoms with Crippen molar-refractivity contribution in [2.45, 2.75) is 51.2 Å². The van der Waals surface area contributed by atoms with Crippen LogP contribution in [0.3, 0.4) is 0 Å². The van der Waals surface area contributed by atoms with E-state index in [4.69, 9.17) is 0 Å². The molecule has 0 unspecified atom stereocenters. The fourth-order valence-corrected chi connectivity index (χ4v) is 5.45. The molecule has 0 aromatic heterocycles. The van der Waals surface area contributed by atoms with Gasteiger partial charge in [-0.3, -0.25) is 9.59 Å². The maximum atomic E-state index is 13.0. The van der Waals surface area contributed by atoms with Gasteiger partial charge >= 0.3 is 12.1 Å². The second kappa shape index (κ2) is 7.36. The zero-order chi connectivity index (χ0) is 23.4. The Morgan fingerprint density at radius 3 is 2.39 bits per heavy atom. The van der Waals surface area contributed by atoms with Crippen LogP contribution in [-0.4, -0.2) is 37.9 Å². The van der Waals surface area contributed by atoms with E-state index in [2.05, 4.69) is 11.3 Å². The lowest BCUT2D eigenvalue weighted by atomic mass is 9.75. The Morgan fingerprint density at radius 2 is 1.87 bits per heavy atom. The van der Waals surface area contributed by atoms with Gasteiger partial charge in [0.25, 0.3) is 10.0 Å². The number of carbonyl (C=O) groups excluding carboxylic acids is 2. The summed E-state index contributed by atoms with van der Waals surface area (Å²) in [6, 6.07) is 4.05. The van der Waals surface area contributed by atoms with Crippen molar-refractivity contribution in [3.8, 4) is 0 Å². The number of hydrogen-bond donors (Lipinski definition) is 1. The predicted molar refractivity (Wildman–Crippen MR) is 107 cm³/mol. The van der Waals surface area contributed by atoms with Gasteiger partial charge in [-0.05, 0) is 47.4 Å². The summed E-state index contributed by atoms with van der Waals surface area (Å²) in [5, 5.41) is 0. The van der Waals surface area contributed by atoms with Crippen LogP contribution in [0.4, 0.5) is 13.2 Å². The molecule has 1 aliphatic heterocycles. The van der Waals surface area contributed by atoms with Gasteiger partial charge in [-0.1, -0.05) is 32.9 Å². The minimum absolute atomic E-state index is 0.106. The molecule has 2 amide bonds. The SMILES string of the molecule is C=C[C@@H]1C[C@@]1(C(=O)NS(=O)(=O)c1ccc2c(c1)CN(C(=O)C(F)(F)F)CC2)C(C)(C)C. The van der Waals surface area contributed by atoms with Crippen molar-refractivity contribution in [3.05, 3.63) is 42.0 Å². The summed E-state index contributed by atoms with van der Waals surface area (Å²) in [5.41, 5.74) is -0.428. The van der Waals surface area contributed by atoms with E-state index in [9.17, 15) is 31.2 Å². The largest absolute Gasteiger partial charge is 0.471 e. The molecule has 1 heterocycles. The Balaban J connectivity index is 1.85. The average Bonchev–Trinajstić information content (AvgIpc) is 3.42. The molecule has 0 saturated heterocycles. The van der Waals surface area contributed by atoms with Crippen LogP contribution in [0, 0.1) is 16.7 Å². The van der Waals surface area contributed by atoms with E-state index < -0.39 is 38.8 Å². The summed E-state index contributed by atoms with van der Waals surface area (Å²) in [6.45, 7) is 8.82. The van der Waals surface area contributed by atoms with Crippen LogP contribution in [0.25, 0.3) is 0 Å². The van der Waals surface area contributed by atoms with Crippen molar-refractivity contribution in [2.75, 3.05) is 6.54 Å². The topological polar surface area (TPSA) is 83.6 Å². The lowest BCUT2D eigenvalue weighted by molar-refractivity contribution is -0.186. The van der Waals surface area contributed by atoms with Gasteiger partial charge in [0.15, 0.2) is 0 Å². The number of fused-ring (bicyclic) bond motifs is 1. The summed E-state index contributed by atoms with van der Waals surface area (Å²) >= 11 is 0. The molecule has 1 N–H and O–H groups in total. The van der Waals surface area contributed by atoms with Crippen LogP contribution in [0.15, 0.2) is 35.7 Å². The highest BCUT2D eigenvalue weighted by molar-refractivity contribution is 7.90. The molecule has 1 aliphatic carbocycles. The number of sulfonamides is 1. The molecular weight excluding hydrogens is 433 g/mol. The Kier molecular flexibility index (Phi) is 5.53. The third-order valence-corrected chi connectivity index (χ3v) is 7.63. The Hall–Kier alpha value is -2.36. The van der Waals surface area contributed by atoms with Gasteiger partial charge in [-0.15, -0.1) is 6.58 Å². The average molecular weight is 459 g/mol. The molecule has 2 aliphatic rings. The Bertz CT molecular complexity index is 1040. The predicted octanol–water partition coefficient (Wildman–Crippen LogP) is 3.18. The lowest BCUT2D eigenvalue weighted by Gasteiger charge is -2.31. The highest BCUT2D eigenvalue weighted by Gasteiger charge is 2.65. The molecule has 1 fully saturated rings. The van der Waals surface area contributed by atoms with Crippen LogP contribution in [0.5, 0.6) is 0 Å². The molecule has 1 saturated carbocycles. The molecule has 6 nitrogen and oxygen atoms in total. The van der Waals surface area contributed by atoms with Crippen molar-refractivity contribution in [1.82, 2.24) is 9.62 Å². The number of benzene rings is 1. The Labute approximate surface area is 179 Å². The van der Waals surface area contributed by atoms with E-state index in [0.29, 0.717) is 22.4 Å². The number of amides is 2. The molecular formula is C21H25F3N2O4S. The first-order valence-electron chi connectivity index (χ1n) is 9.81. The van der Waals surface area contributed by atoms with Gasteiger partial charge in [0, 0.05) is 13.1 Å². The number of halogens is 3. The molecule has 10 heteroatoms. The molecule has 0 spiro atoms. The first-order chi connectivity index (χ1) is 14.1. The molecule has 1 aromatic carbocycles. The quantitative estimate of drug-likeness (QED) is 0.703. The Morgan fingerprint density at radius 1 is 1.23 bits per heavy atom. The zero-order valence-corrected chi connectivity index (χ0v) is 18.4. The summed E-state index contributed by atoms with van der Waals surface area (Å²) in [4.78, 5) is 24.9. The van der Waals surface area contributed by atoms with Gasteiger partial charge in [-0.25, -0.2) is 13.1 Å². The van der Waals surface area contributed by atoms with Gasteiger partial charge in [0.2, 0.25) is 5.91 Å². The molecule has 0 radical (unpaired) electrons. The van der Waals surface area contributed by atoms with Crippen LogP contribution in [0.1, 0.15) is 38.3 Å². The summed E-state index contributed by atoms with van der Waals surface area (Å²) in [7, 11) is -4.25. The van der Waals surface area contributed by atoms with Crippen molar-refractivity contribution in [3.63, 3.8) is 0 Å². The van der Waals surface area contributed by atoms with Crippen LogP contribution in [-0.2, 0) is 32.6 Å². The number of rotatable bonds is 4. The minimum atomic E-state index is -5.00. The van der Waals surface area contributed by atoms with Crippen molar-refractivity contribution >= 4 is 21.8 Å². The van der Waals surface area contributed by atoms with Gasteiger partial charge < -0.3 is 4.90 Å². The molecule has 0 bridgehead atoms. The molecule has 3 rings (SSSR count). The number of allylic oxidation sites excluding steroid dienone is 1. The number of nitrogens with zero attached hydrogens (tertiary/aromatic N) is 1. The number of carbonyl (C=O) groups is 2. The molecule has 31 heavy (non-hydrogen) atoms. The third-order valence-electron chi connectivity index (χ3n) is 6.30. The van der Waals surface area contributed by atoms with Gasteiger partial charge in [0.05, 0.1) is 10.3 Å². The highest BCUT2D eigenvalue weighted by Crippen LogP contribution is 2.64. The van der Waals surface area contributed by atoms with Crippen molar-refractivity contribution < 1.29 is 31.2 Å². The zero-order valence-electron chi connectivity index (χ0n) is 17.5. The van der Waals surface area contributed by atoms with E-state index in [1.807, 2.05) is 20.8 Å². The number of hydrogen-bond acceptors (Lipinski definition) is 4. The van der Waals surface area contributed by atoms with Crippen molar-refractivity contribution in [2.24, 2.45) is 16.7 Å². The van der Waals surface area contributed by atoms with Crippen LogP contribution in [0.2, 0.25) is 0 Å². The molecule has 2 atom stereocenters. The van der Waals surface area contributed by atoms with E-state index >= 15 is 0 Å². The summed E-state index contributed by atoms with van der Waals surface area (Å²) in [6.07, 6.45) is -2.69. The van der Waals surface area contributed by atoms with Gasteiger partial charge in [0.1, 0.15) is 0 Å². The van der Waals surface area contributed by atoms with E-state index in [1.54, 1.807) is 6.08 Å². The fourth-order valence-electron chi connectivity index (χ4n) is 4.36. The summed E-state index contributed by atoms with van der Waals surface area (Å²) in [5.74, 6) is -2.74. The van der Waals surface area contributed by atoms with Crippen molar-refractivity contribution in [1.29, 1.82) is 0 Å².